The first-order valence-electron chi connectivity index (χ1n) is 4.98. The fraction of sp³-hybridized carbons (Fsp3) is 0.417. The van der Waals surface area contributed by atoms with E-state index in [1.54, 1.807) is 0 Å². The highest BCUT2D eigenvalue weighted by atomic mass is 32.1. The van der Waals surface area contributed by atoms with Gasteiger partial charge in [-0.1, -0.05) is 37.3 Å². The molecule has 1 rings (SSSR count). The summed E-state index contributed by atoms with van der Waals surface area (Å²) < 4.78 is 0. The van der Waals surface area contributed by atoms with Crippen molar-refractivity contribution in [2.75, 3.05) is 5.75 Å². The lowest BCUT2D eigenvalue weighted by molar-refractivity contribution is -0.126. The van der Waals surface area contributed by atoms with Crippen molar-refractivity contribution in [3.05, 3.63) is 35.9 Å². The Morgan fingerprint density at radius 1 is 1.47 bits per heavy atom. The normalized spacial score (nSPS) is 16.7. The van der Waals surface area contributed by atoms with Gasteiger partial charge in [-0.25, -0.2) is 0 Å². The molecule has 0 aromatic heterocycles. The first-order valence-corrected chi connectivity index (χ1v) is 5.61. The van der Waals surface area contributed by atoms with E-state index in [2.05, 4.69) is 12.6 Å². The summed E-state index contributed by atoms with van der Waals surface area (Å²) in [7, 11) is 0. The van der Waals surface area contributed by atoms with Crippen molar-refractivity contribution in [3.8, 4) is 0 Å². The number of nitrogens with two attached hydrogens (primary N) is 1. The van der Waals surface area contributed by atoms with Gasteiger partial charge in [-0.2, -0.15) is 12.6 Å². The van der Waals surface area contributed by atoms with Crippen molar-refractivity contribution in [1.82, 2.24) is 0 Å². The third-order valence-corrected chi connectivity index (χ3v) is 3.80. The summed E-state index contributed by atoms with van der Waals surface area (Å²) in [4.78, 5) is 11.4. The number of hydrogen-bond donors (Lipinski definition) is 2. The number of carbonyl (C=O) groups excluding carboxylic acids is 1. The lowest BCUT2D eigenvalue weighted by Crippen LogP contribution is -2.40. The summed E-state index contributed by atoms with van der Waals surface area (Å²) in [5.74, 6) is 0.237. The fourth-order valence-electron chi connectivity index (χ4n) is 1.54. The Labute approximate surface area is 96.3 Å². The van der Waals surface area contributed by atoms with Gasteiger partial charge in [-0.3, -0.25) is 4.79 Å². The zero-order valence-corrected chi connectivity index (χ0v) is 10.00. The number of primary amides is 1. The van der Waals surface area contributed by atoms with E-state index >= 15 is 0 Å². The van der Waals surface area contributed by atoms with Crippen molar-refractivity contribution < 1.29 is 4.79 Å². The van der Waals surface area contributed by atoms with Crippen LogP contribution in [0.2, 0.25) is 0 Å². The number of rotatable bonds is 4. The molecular formula is C12H17NOS. The molecule has 0 spiro atoms. The zero-order valence-electron chi connectivity index (χ0n) is 9.10. The Balaban J connectivity index is 3.02. The molecule has 1 aromatic carbocycles. The van der Waals surface area contributed by atoms with Crippen LogP contribution >= 0.6 is 12.6 Å². The predicted octanol–water partition coefficient (Wildman–Crippen LogP) is 2.21. The van der Waals surface area contributed by atoms with E-state index in [9.17, 15) is 4.79 Å². The average molecular weight is 223 g/mol. The van der Waals surface area contributed by atoms with Crippen LogP contribution in [0.15, 0.2) is 30.3 Å². The summed E-state index contributed by atoms with van der Waals surface area (Å²) in [6.07, 6.45) is 0. The molecule has 3 heteroatoms. The number of benzene rings is 1. The predicted molar refractivity (Wildman–Crippen MR) is 66.0 cm³/mol. The molecule has 0 aliphatic heterocycles. The molecular weight excluding hydrogens is 206 g/mol. The molecule has 2 atom stereocenters. The highest BCUT2D eigenvalue weighted by molar-refractivity contribution is 7.80. The van der Waals surface area contributed by atoms with E-state index in [0.717, 1.165) is 5.56 Å². The van der Waals surface area contributed by atoms with Crippen LogP contribution in [0.4, 0.5) is 0 Å². The quantitative estimate of drug-likeness (QED) is 0.755. The summed E-state index contributed by atoms with van der Waals surface area (Å²) in [5.41, 5.74) is 5.96. The second-order valence-electron chi connectivity index (χ2n) is 4.07. The summed E-state index contributed by atoms with van der Waals surface area (Å²) in [5, 5.41) is 0. The Hall–Kier alpha value is -0.960. The van der Waals surface area contributed by atoms with Gasteiger partial charge in [0.15, 0.2) is 0 Å². The van der Waals surface area contributed by atoms with Crippen LogP contribution in [0.1, 0.15) is 25.3 Å². The third kappa shape index (κ3) is 2.34. The zero-order chi connectivity index (χ0) is 11.5. The van der Waals surface area contributed by atoms with Crippen molar-refractivity contribution in [1.29, 1.82) is 0 Å². The minimum absolute atomic E-state index is 0.0775. The topological polar surface area (TPSA) is 43.1 Å². The van der Waals surface area contributed by atoms with Gasteiger partial charge in [0.1, 0.15) is 0 Å². The Bertz CT molecular complexity index is 339. The molecule has 15 heavy (non-hydrogen) atoms. The van der Waals surface area contributed by atoms with Crippen LogP contribution < -0.4 is 5.73 Å². The van der Waals surface area contributed by atoms with Crippen LogP contribution in [0.5, 0.6) is 0 Å². The van der Waals surface area contributed by atoms with Gasteiger partial charge in [-0.15, -0.1) is 0 Å². The molecule has 0 bridgehead atoms. The third-order valence-electron chi connectivity index (χ3n) is 3.15. The smallest absolute Gasteiger partial charge is 0.224 e. The molecule has 0 heterocycles. The fourth-order valence-corrected chi connectivity index (χ4v) is 1.97. The first-order chi connectivity index (χ1) is 7.02. The number of hydrogen-bond acceptors (Lipinski definition) is 2. The van der Waals surface area contributed by atoms with Crippen LogP contribution in [0, 0.1) is 5.41 Å². The molecule has 0 aliphatic rings. The Morgan fingerprint density at radius 2 is 2.00 bits per heavy atom. The Kier molecular flexibility index (Phi) is 3.80. The van der Waals surface area contributed by atoms with Crippen LogP contribution in [-0.2, 0) is 4.79 Å². The van der Waals surface area contributed by atoms with Gasteiger partial charge in [0.25, 0.3) is 0 Å². The largest absolute Gasteiger partial charge is 0.369 e. The maximum Gasteiger partial charge on any atom is 0.224 e. The summed E-state index contributed by atoms with van der Waals surface area (Å²) in [6, 6.07) is 9.90. The highest BCUT2D eigenvalue weighted by Crippen LogP contribution is 2.36. The van der Waals surface area contributed by atoms with Crippen molar-refractivity contribution in [3.63, 3.8) is 0 Å². The maximum atomic E-state index is 11.4. The molecule has 2 nitrogen and oxygen atoms in total. The van der Waals surface area contributed by atoms with Gasteiger partial charge in [0, 0.05) is 5.75 Å². The molecule has 0 unspecified atom stereocenters. The van der Waals surface area contributed by atoms with Gasteiger partial charge < -0.3 is 5.73 Å². The summed E-state index contributed by atoms with van der Waals surface area (Å²) in [6.45, 7) is 3.87. The summed E-state index contributed by atoms with van der Waals surface area (Å²) >= 11 is 4.23. The van der Waals surface area contributed by atoms with E-state index < -0.39 is 5.41 Å². The van der Waals surface area contributed by atoms with Crippen LogP contribution in [-0.4, -0.2) is 11.7 Å². The van der Waals surface area contributed by atoms with Crippen molar-refractivity contribution in [2.45, 2.75) is 19.8 Å². The van der Waals surface area contributed by atoms with Gasteiger partial charge in [0.2, 0.25) is 5.91 Å². The molecule has 0 aliphatic carbocycles. The molecule has 0 saturated heterocycles. The van der Waals surface area contributed by atoms with Crippen LogP contribution in [0.25, 0.3) is 0 Å². The van der Waals surface area contributed by atoms with Gasteiger partial charge in [-0.05, 0) is 18.4 Å². The average Bonchev–Trinajstić information content (AvgIpc) is 2.28. The van der Waals surface area contributed by atoms with Crippen LogP contribution in [0.3, 0.4) is 0 Å². The second kappa shape index (κ2) is 4.71. The van der Waals surface area contributed by atoms with E-state index in [1.807, 2.05) is 44.2 Å². The second-order valence-corrected chi connectivity index (χ2v) is 4.39. The molecule has 0 fully saturated rings. The molecule has 0 saturated carbocycles. The van der Waals surface area contributed by atoms with E-state index in [4.69, 9.17) is 5.73 Å². The standard InChI is InChI=1S/C12H17NOS/c1-9(10-6-4-3-5-7-10)12(2,8-15)11(13)14/h3-7,9,15H,8H2,1-2H3,(H2,13,14)/t9-,12+/m0/s1. The lowest BCUT2D eigenvalue weighted by atomic mass is 9.75. The van der Waals surface area contributed by atoms with E-state index in [0.29, 0.717) is 5.75 Å². The number of amides is 1. The lowest BCUT2D eigenvalue weighted by Gasteiger charge is -2.31. The molecule has 0 radical (unpaired) electrons. The first kappa shape index (κ1) is 12.1. The molecule has 82 valence electrons. The number of carbonyl (C=O) groups is 1. The van der Waals surface area contributed by atoms with E-state index in [-0.39, 0.29) is 11.8 Å². The maximum absolute atomic E-state index is 11.4. The molecule has 1 aromatic rings. The SMILES string of the molecule is C[C@@H](c1ccccc1)[C@@](C)(CS)C(N)=O. The van der Waals surface area contributed by atoms with E-state index in [1.165, 1.54) is 0 Å². The molecule has 2 N–H and O–H groups in total. The highest BCUT2D eigenvalue weighted by Gasteiger charge is 2.36. The van der Waals surface area contributed by atoms with Crippen molar-refractivity contribution >= 4 is 18.5 Å². The molecule has 1 amide bonds. The Morgan fingerprint density at radius 3 is 2.40 bits per heavy atom. The minimum atomic E-state index is -0.593. The van der Waals surface area contributed by atoms with Gasteiger partial charge >= 0.3 is 0 Å². The number of thiol groups is 1. The minimum Gasteiger partial charge on any atom is -0.369 e. The van der Waals surface area contributed by atoms with Crippen molar-refractivity contribution in [2.24, 2.45) is 11.1 Å². The van der Waals surface area contributed by atoms with Gasteiger partial charge in [0.05, 0.1) is 5.41 Å². The monoisotopic (exact) mass is 223 g/mol.